The fourth-order valence-corrected chi connectivity index (χ4v) is 2.44. The Balaban J connectivity index is 2.21. The normalized spacial score (nSPS) is 16.8. The zero-order valence-corrected chi connectivity index (χ0v) is 10.6. The number of nitrogen functional groups attached to an aromatic ring is 1. The standard InChI is InChI=1S/C13H19N3O2/c1-2-9-3-5-16(6-4-9)12-11(13(17)18)7-10(14)8-15-12/h7-9H,2-6,14H2,1H3,(H,17,18). The minimum atomic E-state index is -0.970. The predicted octanol–water partition coefficient (Wildman–Crippen LogP) is 1.99. The third-order valence-corrected chi connectivity index (χ3v) is 3.61. The summed E-state index contributed by atoms with van der Waals surface area (Å²) in [6.07, 6.45) is 4.91. The molecule has 1 fully saturated rings. The van der Waals surface area contributed by atoms with Crippen LogP contribution in [0.1, 0.15) is 36.5 Å². The largest absolute Gasteiger partial charge is 0.478 e. The number of piperidine rings is 1. The second kappa shape index (κ2) is 5.25. The Bertz CT molecular complexity index is 440. The lowest BCUT2D eigenvalue weighted by atomic mass is 9.94. The first-order valence-corrected chi connectivity index (χ1v) is 6.35. The smallest absolute Gasteiger partial charge is 0.339 e. The Hall–Kier alpha value is -1.78. The highest BCUT2D eigenvalue weighted by atomic mass is 16.4. The number of aromatic nitrogens is 1. The van der Waals surface area contributed by atoms with Gasteiger partial charge in [0.1, 0.15) is 11.4 Å². The van der Waals surface area contributed by atoms with Crippen molar-refractivity contribution in [3.63, 3.8) is 0 Å². The Morgan fingerprint density at radius 3 is 2.78 bits per heavy atom. The molecule has 0 amide bonds. The molecule has 18 heavy (non-hydrogen) atoms. The fourth-order valence-electron chi connectivity index (χ4n) is 2.44. The van der Waals surface area contributed by atoms with E-state index in [1.54, 1.807) is 0 Å². The lowest BCUT2D eigenvalue weighted by Crippen LogP contribution is -2.35. The van der Waals surface area contributed by atoms with Crippen LogP contribution in [-0.4, -0.2) is 29.1 Å². The number of pyridine rings is 1. The Labute approximate surface area is 107 Å². The van der Waals surface area contributed by atoms with Gasteiger partial charge in [0.25, 0.3) is 0 Å². The molecule has 0 unspecified atom stereocenters. The highest BCUT2D eigenvalue weighted by Crippen LogP contribution is 2.26. The van der Waals surface area contributed by atoms with E-state index in [1.165, 1.54) is 18.7 Å². The number of hydrogen-bond donors (Lipinski definition) is 2. The quantitative estimate of drug-likeness (QED) is 0.856. The van der Waals surface area contributed by atoms with Gasteiger partial charge in [0.05, 0.1) is 11.9 Å². The van der Waals surface area contributed by atoms with Gasteiger partial charge < -0.3 is 15.7 Å². The summed E-state index contributed by atoms with van der Waals surface area (Å²) >= 11 is 0. The number of rotatable bonds is 3. The van der Waals surface area contributed by atoms with Crippen LogP contribution in [-0.2, 0) is 0 Å². The van der Waals surface area contributed by atoms with Crippen molar-refractivity contribution in [1.29, 1.82) is 0 Å². The van der Waals surface area contributed by atoms with Crippen molar-refractivity contribution in [3.05, 3.63) is 17.8 Å². The van der Waals surface area contributed by atoms with Crippen molar-refractivity contribution in [2.75, 3.05) is 23.7 Å². The fraction of sp³-hybridized carbons (Fsp3) is 0.538. The minimum Gasteiger partial charge on any atom is -0.478 e. The SMILES string of the molecule is CCC1CCN(c2ncc(N)cc2C(=O)O)CC1. The molecular weight excluding hydrogens is 230 g/mol. The van der Waals surface area contributed by atoms with Gasteiger partial charge in [0.2, 0.25) is 0 Å². The zero-order valence-electron chi connectivity index (χ0n) is 10.6. The molecule has 0 bridgehead atoms. The van der Waals surface area contributed by atoms with Crippen LogP contribution in [0.4, 0.5) is 11.5 Å². The van der Waals surface area contributed by atoms with Gasteiger partial charge >= 0.3 is 5.97 Å². The highest BCUT2D eigenvalue weighted by molar-refractivity contribution is 5.94. The number of nitrogens with zero attached hydrogens (tertiary/aromatic N) is 2. The Morgan fingerprint density at radius 1 is 1.56 bits per heavy atom. The number of hydrogen-bond acceptors (Lipinski definition) is 4. The highest BCUT2D eigenvalue weighted by Gasteiger charge is 2.23. The van der Waals surface area contributed by atoms with E-state index in [4.69, 9.17) is 5.73 Å². The van der Waals surface area contributed by atoms with Crippen molar-refractivity contribution in [2.24, 2.45) is 5.92 Å². The van der Waals surface area contributed by atoms with E-state index in [2.05, 4.69) is 16.8 Å². The first-order chi connectivity index (χ1) is 8.61. The van der Waals surface area contributed by atoms with E-state index < -0.39 is 5.97 Å². The first kappa shape index (κ1) is 12.7. The number of carboxylic acids is 1. The number of nitrogens with two attached hydrogens (primary N) is 1. The Kier molecular flexibility index (Phi) is 3.69. The van der Waals surface area contributed by atoms with Gasteiger partial charge in [-0.3, -0.25) is 0 Å². The van der Waals surface area contributed by atoms with E-state index >= 15 is 0 Å². The van der Waals surface area contributed by atoms with Crippen LogP contribution in [0.2, 0.25) is 0 Å². The molecule has 2 rings (SSSR count). The molecule has 3 N–H and O–H groups in total. The monoisotopic (exact) mass is 249 g/mol. The maximum Gasteiger partial charge on any atom is 0.339 e. The van der Waals surface area contributed by atoms with Crippen molar-refractivity contribution in [2.45, 2.75) is 26.2 Å². The molecule has 0 aromatic carbocycles. The Morgan fingerprint density at radius 2 is 2.22 bits per heavy atom. The van der Waals surface area contributed by atoms with Crippen LogP contribution in [0.25, 0.3) is 0 Å². The second-order valence-electron chi connectivity index (χ2n) is 4.78. The van der Waals surface area contributed by atoms with Crippen LogP contribution in [0.15, 0.2) is 12.3 Å². The molecule has 1 aliphatic rings. The van der Waals surface area contributed by atoms with E-state index in [1.807, 2.05) is 0 Å². The zero-order chi connectivity index (χ0) is 13.1. The average molecular weight is 249 g/mol. The predicted molar refractivity (Wildman–Crippen MR) is 70.8 cm³/mol. The molecule has 1 aromatic rings. The van der Waals surface area contributed by atoms with E-state index in [0.29, 0.717) is 11.5 Å². The summed E-state index contributed by atoms with van der Waals surface area (Å²) in [5.74, 6) is 0.331. The third-order valence-electron chi connectivity index (χ3n) is 3.61. The maximum atomic E-state index is 11.2. The molecule has 0 saturated carbocycles. The first-order valence-electron chi connectivity index (χ1n) is 6.35. The summed E-state index contributed by atoms with van der Waals surface area (Å²) in [6, 6.07) is 1.48. The van der Waals surface area contributed by atoms with Gasteiger partial charge in [-0.2, -0.15) is 0 Å². The van der Waals surface area contributed by atoms with Crippen LogP contribution >= 0.6 is 0 Å². The van der Waals surface area contributed by atoms with E-state index in [0.717, 1.165) is 31.8 Å². The average Bonchev–Trinajstić information content (AvgIpc) is 2.39. The maximum absolute atomic E-state index is 11.2. The van der Waals surface area contributed by atoms with E-state index in [9.17, 15) is 9.90 Å². The lowest BCUT2D eigenvalue weighted by Gasteiger charge is -2.33. The van der Waals surface area contributed by atoms with Crippen LogP contribution in [0, 0.1) is 5.92 Å². The van der Waals surface area contributed by atoms with Gasteiger partial charge in [-0.1, -0.05) is 13.3 Å². The molecule has 5 nitrogen and oxygen atoms in total. The molecular formula is C13H19N3O2. The van der Waals surface area contributed by atoms with Crippen LogP contribution in [0.5, 0.6) is 0 Å². The van der Waals surface area contributed by atoms with Crippen molar-refractivity contribution < 1.29 is 9.90 Å². The molecule has 1 aliphatic heterocycles. The molecule has 1 saturated heterocycles. The summed E-state index contributed by atoms with van der Waals surface area (Å²) in [4.78, 5) is 17.5. The number of carbonyl (C=O) groups is 1. The van der Waals surface area contributed by atoms with Crippen molar-refractivity contribution >= 4 is 17.5 Å². The van der Waals surface area contributed by atoms with Crippen molar-refractivity contribution in [3.8, 4) is 0 Å². The number of anilines is 2. The topological polar surface area (TPSA) is 79.5 Å². The number of aromatic carboxylic acids is 1. The van der Waals surface area contributed by atoms with E-state index in [-0.39, 0.29) is 5.56 Å². The van der Waals surface area contributed by atoms with Crippen LogP contribution in [0.3, 0.4) is 0 Å². The van der Waals surface area contributed by atoms with Crippen LogP contribution < -0.4 is 10.6 Å². The third kappa shape index (κ3) is 2.55. The van der Waals surface area contributed by atoms with Gasteiger partial charge in [-0.15, -0.1) is 0 Å². The van der Waals surface area contributed by atoms with Crippen molar-refractivity contribution in [1.82, 2.24) is 4.98 Å². The second-order valence-corrected chi connectivity index (χ2v) is 4.78. The van der Waals surface area contributed by atoms with Gasteiger partial charge in [0.15, 0.2) is 0 Å². The molecule has 0 aliphatic carbocycles. The molecule has 0 radical (unpaired) electrons. The van der Waals surface area contributed by atoms with Gasteiger partial charge in [-0.05, 0) is 24.8 Å². The molecule has 98 valence electrons. The molecule has 1 aromatic heterocycles. The number of carboxylic acid groups (broad SMARTS) is 1. The molecule has 0 spiro atoms. The molecule has 5 heteroatoms. The summed E-state index contributed by atoms with van der Waals surface area (Å²) < 4.78 is 0. The summed E-state index contributed by atoms with van der Waals surface area (Å²) in [6.45, 7) is 3.94. The van der Waals surface area contributed by atoms with Gasteiger partial charge in [-0.25, -0.2) is 9.78 Å². The molecule has 2 heterocycles. The summed E-state index contributed by atoms with van der Waals surface area (Å²) in [5, 5.41) is 9.20. The van der Waals surface area contributed by atoms with Gasteiger partial charge in [0, 0.05) is 13.1 Å². The summed E-state index contributed by atoms with van der Waals surface area (Å²) in [7, 11) is 0. The minimum absolute atomic E-state index is 0.199. The summed E-state index contributed by atoms with van der Waals surface area (Å²) in [5.41, 5.74) is 6.18. The molecule has 0 atom stereocenters. The lowest BCUT2D eigenvalue weighted by molar-refractivity contribution is 0.0697.